The number of carbonyl (C=O) groups excluding carboxylic acids is 1. The van der Waals surface area contributed by atoms with E-state index in [0.717, 1.165) is 0 Å². The topological polar surface area (TPSA) is 32.3 Å². The Hall–Kier alpha value is -1.65. The minimum absolute atomic E-state index is 0.0151. The molecule has 1 aromatic heterocycles. The van der Waals surface area contributed by atoms with Crippen molar-refractivity contribution in [1.82, 2.24) is 10.2 Å². The summed E-state index contributed by atoms with van der Waals surface area (Å²) in [4.78, 5) is 15.7. The Morgan fingerprint density at radius 2 is 1.86 bits per heavy atom. The summed E-state index contributed by atoms with van der Waals surface area (Å²) in [5, 5.41) is 5.11. The molecular weight excluding hydrogens is 292 g/mol. The molecule has 0 saturated carbocycles. The molecule has 1 atom stereocenters. The van der Waals surface area contributed by atoms with Gasteiger partial charge in [-0.2, -0.15) is 0 Å². The van der Waals surface area contributed by atoms with Crippen molar-refractivity contribution < 1.29 is 4.79 Å². The number of benzene rings is 1. The second-order valence-corrected chi connectivity index (χ2v) is 6.96. The van der Waals surface area contributed by atoms with E-state index in [-0.39, 0.29) is 11.9 Å². The first-order valence-corrected chi connectivity index (χ1v) is 8.45. The van der Waals surface area contributed by atoms with Crippen LogP contribution in [0.25, 0.3) is 0 Å². The fourth-order valence-corrected chi connectivity index (χ4v) is 3.25. The summed E-state index contributed by atoms with van der Waals surface area (Å²) in [6.07, 6.45) is 0. The van der Waals surface area contributed by atoms with Gasteiger partial charge in [-0.1, -0.05) is 32.0 Å². The zero-order valence-corrected chi connectivity index (χ0v) is 14.5. The monoisotopic (exact) mass is 316 g/mol. The van der Waals surface area contributed by atoms with E-state index in [9.17, 15) is 4.79 Å². The predicted octanol–water partition coefficient (Wildman–Crippen LogP) is 3.90. The molecule has 1 amide bonds. The first-order chi connectivity index (χ1) is 10.5. The van der Waals surface area contributed by atoms with Crippen LogP contribution in [0.1, 0.15) is 46.6 Å². The number of amides is 1. The molecular formula is C18H24N2OS. The summed E-state index contributed by atoms with van der Waals surface area (Å²) in [6.45, 7) is 4.91. The van der Waals surface area contributed by atoms with Crippen molar-refractivity contribution in [3.8, 4) is 0 Å². The van der Waals surface area contributed by atoms with Crippen LogP contribution in [0.4, 0.5) is 0 Å². The van der Waals surface area contributed by atoms with Gasteiger partial charge in [-0.15, -0.1) is 11.3 Å². The van der Waals surface area contributed by atoms with E-state index in [4.69, 9.17) is 0 Å². The van der Waals surface area contributed by atoms with E-state index in [0.29, 0.717) is 18.0 Å². The quantitative estimate of drug-likeness (QED) is 0.876. The maximum atomic E-state index is 12.3. The van der Waals surface area contributed by atoms with E-state index < -0.39 is 0 Å². The molecule has 0 saturated heterocycles. The summed E-state index contributed by atoms with van der Waals surface area (Å²) in [7, 11) is 4.07. The summed E-state index contributed by atoms with van der Waals surface area (Å²) in [6, 6.07) is 12.2. The molecule has 0 spiro atoms. The molecule has 0 bridgehead atoms. The molecule has 2 rings (SSSR count). The van der Waals surface area contributed by atoms with Crippen molar-refractivity contribution in [3.05, 3.63) is 57.8 Å². The largest absolute Gasteiger partial charge is 0.350 e. The lowest BCUT2D eigenvalue weighted by molar-refractivity contribution is 0.0942. The Balaban J connectivity index is 1.99. The van der Waals surface area contributed by atoms with Crippen molar-refractivity contribution >= 4 is 17.2 Å². The van der Waals surface area contributed by atoms with Gasteiger partial charge in [0.2, 0.25) is 0 Å². The van der Waals surface area contributed by atoms with Gasteiger partial charge < -0.3 is 10.2 Å². The Bertz CT molecular complexity index is 588. The summed E-state index contributed by atoms with van der Waals surface area (Å²) >= 11 is 1.72. The number of carbonyl (C=O) groups is 1. The molecule has 118 valence electrons. The average molecular weight is 316 g/mol. The van der Waals surface area contributed by atoms with E-state index in [1.54, 1.807) is 11.3 Å². The van der Waals surface area contributed by atoms with Crippen molar-refractivity contribution in [1.29, 1.82) is 0 Å². The molecule has 1 N–H and O–H groups in total. The van der Waals surface area contributed by atoms with E-state index in [2.05, 4.69) is 35.5 Å². The van der Waals surface area contributed by atoms with Crippen LogP contribution in [-0.2, 0) is 0 Å². The SMILES string of the molecule is CC(C)c1ccc(C(=O)NCC(c2cccs2)N(C)C)cc1. The Morgan fingerprint density at radius 3 is 2.36 bits per heavy atom. The van der Waals surface area contributed by atoms with E-state index in [1.165, 1.54) is 10.4 Å². The molecule has 1 heterocycles. The molecule has 0 aliphatic carbocycles. The van der Waals surface area contributed by atoms with Gasteiger partial charge in [0.1, 0.15) is 0 Å². The first kappa shape index (κ1) is 16.7. The number of hydrogen-bond donors (Lipinski definition) is 1. The normalized spacial score (nSPS) is 12.6. The zero-order chi connectivity index (χ0) is 16.1. The van der Waals surface area contributed by atoms with E-state index >= 15 is 0 Å². The van der Waals surface area contributed by atoms with Crippen LogP contribution in [0.15, 0.2) is 41.8 Å². The van der Waals surface area contributed by atoms with Crippen LogP contribution in [0.3, 0.4) is 0 Å². The molecule has 0 fully saturated rings. The Labute approximate surface area is 137 Å². The second kappa shape index (κ2) is 7.56. The lowest BCUT2D eigenvalue weighted by Crippen LogP contribution is -2.34. The number of likely N-dealkylation sites (N-methyl/N-ethyl adjacent to an activating group) is 1. The highest BCUT2D eigenvalue weighted by molar-refractivity contribution is 7.10. The highest BCUT2D eigenvalue weighted by atomic mass is 32.1. The van der Waals surface area contributed by atoms with E-state index in [1.807, 2.05) is 44.4 Å². The molecule has 2 aromatic rings. The number of nitrogens with zero attached hydrogens (tertiary/aromatic N) is 1. The fraction of sp³-hybridized carbons (Fsp3) is 0.389. The van der Waals surface area contributed by atoms with Gasteiger partial charge in [-0.25, -0.2) is 0 Å². The van der Waals surface area contributed by atoms with Gasteiger partial charge in [0.05, 0.1) is 6.04 Å². The molecule has 1 aromatic carbocycles. The lowest BCUT2D eigenvalue weighted by atomic mass is 10.0. The minimum Gasteiger partial charge on any atom is -0.350 e. The maximum Gasteiger partial charge on any atom is 0.251 e. The fourth-order valence-electron chi connectivity index (χ4n) is 2.33. The summed E-state index contributed by atoms with van der Waals surface area (Å²) in [5.41, 5.74) is 1.97. The van der Waals surface area contributed by atoms with Gasteiger partial charge in [0.25, 0.3) is 5.91 Å². The van der Waals surface area contributed by atoms with Crippen LogP contribution < -0.4 is 5.32 Å². The lowest BCUT2D eigenvalue weighted by Gasteiger charge is -2.23. The summed E-state index contributed by atoms with van der Waals surface area (Å²) < 4.78 is 0. The van der Waals surface area contributed by atoms with Crippen LogP contribution in [-0.4, -0.2) is 31.4 Å². The predicted molar refractivity (Wildman–Crippen MR) is 93.6 cm³/mol. The highest BCUT2D eigenvalue weighted by Crippen LogP contribution is 2.22. The number of nitrogens with one attached hydrogen (secondary N) is 1. The van der Waals surface area contributed by atoms with Crippen LogP contribution in [0.2, 0.25) is 0 Å². The minimum atomic E-state index is -0.0151. The molecule has 22 heavy (non-hydrogen) atoms. The van der Waals surface area contributed by atoms with Crippen molar-refractivity contribution in [2.75, 3.05) is 20.6 Å². The van der Waals surface area contributed by atoms with Gasteiger partial charge in [0, 0.05) is 17.0 Å². The highest BCUT2D eigenvalue weighted by Gasteiger charge is 2.16. The average Bonchev–Trinajstić information content (AvgIpc) is 3.01. The maximum absolute atomic E-state index is 12.3. The van der Waals surface area contributed by atoms with Crippen molar-refractivity contribution in [2.45, 2.75) is 25.8 Å². The van der Waals surface area contributed by atoms with Crippen LogP contribution >= 0.6 is 11.3 Å². The van der Waals surface area contributed by atoms with Crippen LogP contribution in [0.5, 0.6) is 0 Å². The smallest absolute Gasteiger partial charge is 0.251 e. The Morgan fingerprint density at radius 1 is 1.18 bits per heavy atom. The standard InChI is InChI=1S/C18H24N2OS/c1-13(2)14-7-9-15(10-8-14)18(21)19-12-16(20(3)4)17-6-5-11-22-17/h5-11,13,16H,12H2,1-4H3,(H,19,21). The van der Waals surface area contributed by atoms with Gasteiger partial charge in [-0.05, 0) is 49.2 Å². The number of rotatable bonds is 6. The van der Waals surface area contributed by atoms with Gasteiger partial charge in [-0.3, -0.25) is 4.79 Å². The van der Waals surface area contributed by atoms with Crippen molar-refractivity contribution in [2.24, 2.45) is 0 Å². The third-order valence-electron chi connectivity index (χ3n) is 3.79. The second-order valence-electron chi connectivity index (χ2n) is 5.98. The zero-order valence-electron chi connectivity index (χ0n) is 13.7. The molecule has 4 heteroatoms. The van der Waals surface area contributed by atoms with Crippen molar-refractivity contribution in [3.63, 3.8) is 0 Å². The molecule has 0 aliphatic heterocycles. The number of thiophene rings is 1. The summed E-state index contributed by atoms with van der Waals surface area (Å²) in [5.74, 6) is 0.466. The molecule has 0 radical (unpaired) electrons. The third-order valence-corrected chi connectivity index (χ3v) is 4.76. The van der Waals surface area contributed by atoms with Crippen LogP contribution in [0, 0.1) is 0 Å². The van der Waals surface area contributed by atoms with Gasteiger partial charge in [0.15, 0.2) is 0 Å². The third kappa shape index (κ3) is 4.18. The molecule has 1 unspecified atom stereocenters. The van der Waals surface area contributed by atoms with Gasteiger partial charge >= 0.3 is 0 Å². The Kier molecular flexibility index (Phi) is 5.75. The number of hydrogen-bond acceptors (Lipinski definition) is 3. The first-order valence-electron chi connectivity index (χ1n) is 7.57. The molecule has 0 aliphatic rings. The molecule has 3 nitrogen and oxygen atoms in total.